The van der Waals surface area contributed by atoms with Gasteiger partial charge in [-0.15, -0.1) is 0 Å². The van der Waals surface area contributed by atoms with Crippen LogP contribution in [0.5, 0.6) is 5.75 Å². The van der Waals surface area contributed by atoms with Crippen LogP contribution < -0.4 is 4.74 Å². The van der Waals surface area contributed by atoms with E-state index in [1.54, 1.807) is 0 Å². The van der Waals surface area contributed by atoms with E-state index >= 15 is 0 Å². The van der Waals surface area contributed by atoms with Crippen molar-refractivity contribution in [1.29, 1.82) is 0 Å². The first kappa shape index (κ1) is 30.8. The van der Waals surface area contributed by atoms with Gasteiger partial charge in [0.2, 0.25) is 0 Å². The Bertz CT molecular complexity index is 1160. The summed E-state index contributed by atoms with van der Waals surface area (Å²) in [4.78, 5) is 22.7. The van der Waals surface area contributed by atoms with E-state index in [4.69, 9.17) is 9.47 Å². The van der Waals surface area contributed by atoms with Crippen LogP contribution in [0.25, 0.3) is 11.1 Å². The van der Waals surface area contributed by atoms with Gasteiger partial charge in [-0.1, -0.05) is 75.4 Å². The third-order valence-electron chi connectivity index (χ3n) is 6.75. The molecule has 4 rings (SSSR count). The van der Waals surface area contributed by atoms with E-state index in [9.17, 15) is 9.59 Å². The Kier molecular flexibility index (Phi) is 13.3. The molecule has 3 aromatic carbocycles. The molecule has 0 aliphatic heterocycles. The molecule has 0 heterocycles. The van der Waals surface area contributed by atoms with Gasteiger partial charge in [0.05, 0.1) is 7.11 Å². The number of carbonyl (C=O) groups excluding carboxylic acids is 2. The van der Waals surface area contributed by atoms with Gasteiger partial charge in [0.1, 0.15) is 12.0 Å². The number of hydrogen-bond donors (Lipinski definition) is 0. The van der Waals surface area contributed by atoms with Gasteiger partial charge in [0, 0.05) is 12.0 Å². The Morgan fingerprint density at radius 2 is 1.63 bits per heavy atom. The highest BCUT2D eigenvalue weighted by molar-refractivity contribution is 5.82. The first-order chi connectivity index (χ1) is 18.5. The lowest BCUT2D eigenvalue weighted by atomic mass is 9.83. The minimum Gasteiger partial charge on any atom is -0.481 e. The molecule has 0 bridgehead atoms. The monoisotopic (exact) mass is 516 g/mol. The van der Waals surface area contributed by atoms with Crippen LogP contribution in [0.3, 0.4) is 0 Å². The number of benzene rings is 3. The van der Waals surface area contributed by atoms with Crippen LogP contribution in [-0.2, 0) is 40.0 Å². The number of esters is 1. The molecule has 0 N–H and O–H groups in total. The van der Waals surface area contributed by atoms with Gasteiger partial charge in [-0.2, -0.15) is 0 Å². The number of rotatable bonds is 8. The second-order valence-corrected chi connectivity index (χ2v) is 9.26. The van der Waals surface area contributed by atoms with Gasteiger partial charge in [0.25, 0.3) is 0 Å². The van der Waals surface area contributed by atoms with Crippen LogP contribution in [0.2, 0.25) is 0 Å². The van der Waals surface area contributed by atoms with E-state index in [0.717, 1.165) is 65.5 Å². The molecule has 0 amide bonds. The lowest BCUT2D eigenvalue weighted by Crippen LogP contribution is -2.16. The van der Waals surface area contributed by atoms with Crippen molar-refractivity contribution in [3.63, 3.8) is 0 Å². The minimum absolute atomic E-state index is 0.102. The maximum atomic E-state index is 11.8. The van der Waals surface area contributed by atoms with Crippen molar-refractivity contribution >= 4 is 12.3 Å². The fourth-order valence-electron chi connectivity index (χ4n) is 4.89. The molecular formula is C34H44O4. The van der Waals surface area contributed by atoms with E-state index in [0.29, 0.717) is 12.8 Å². The molecule has 1 aliphatic carbocycles. The molecule has 38 heavy (non-hydrogen) atoms. The highest BCUT2D eigenvalue weighted by atomic mass is 16.6. The van der Waals surface area contributed by atoms with Crippen LogP contribution in [0.1, 0.15) is 73.4 Å². The van der Waals surface area contributed by atoms with Crippen molar-refractivity contribution < 1.29 is 19.1 Å². The van der Waals surface area contributed by atoms with Crippen LogP contribution in [-0.4, -0.2) is 26.0 Å². The van der Waals surface area contributed by atoms with Crippen LogP contribution >= 0.6 is 0 Å². The predicted octanol–water partition coefficient (Wildman–Crippen LogP) is 7.81. The first-order valence-corrected chi connectivity index (χ1v) is 13.9. The highest BCUT2D eigenvalue weighted by Gasteiger charge is 2.24. The lowest BCUT2D eigenvalue weighted by Gasteiger charge is -2.26. The summed E-state index contributed by atoms with van der Waals surface area (Å²) in [5, 5.41) is 0. The Morgan fingerprint density at radius 3 is 2.26 bits per heavy atom. The average molecular weight is 517 g/mol. The van der Waals surface area contributed by atoms with Crippen molar-refractivity contribution in [2.75, 3.05) is 13.7 Å². The molecule has 0 aromatic heterocycles. The molecule has 0 saturated heterocycles. The van der Waals surface area contributed by atoms with Gasteiger partial charge in [-0.25, -0.2) is 4.79 Å². The molecule has 0 radical (unpaired) electrons. The SMILES string of the molecule is CC.CCc1ccccc1.COC(=O)COc1c2c(cc(C)c1-c1c(C)cccc1CCC=O)CCCC2. The zero-order chi connectivity index (χ0) is 27.9. The third kappa shape index (κ3) is 8.31. The average Bonchev–Trinajstić information content (AvgIpc) is 2.96. The molecule has 3 aromatic rings. The smallest absolute Gasteiger partial charge is 0.343 e. The van der Waals surface area contributed by atoms with E-state index in [1.807, 2.05) is 26.0 Å². The largest absolute Gasteiger partial charge is 0.481 e. The van der Waals surface area contributed by atoms with Crippen LogP contribution in [0.4, 0.5) is 0 Å². The maximum Gasteiger partial charge on any atom is 0.343 e. The molecule has 0 atom stereocenters. The summed E-state index contributed by atoms with van der Waals surface area (Å²) in [5.74, 6) is 0.421. The van der Waals surface area contributed by atoms with E-state index in [1.165, 1.54) is 30.2 Å². The highest BCUT2D eigenvalue weighted by Crippen LogP contribution is 2.43. The number of aryl methyl sites for hydroxylation is 5. The zero-order valence-electron chi connectivity index (χ0n) is 24.1. The van der Waals surface area contributed by atoms with Gasteiger partial charge in [-0.3, -0.25) is 0 Å². The fourth-order valence-corrected chi connectivity index (χ4v) is 4.89. The van der Waals surface area contributed by atoms with E-state index in [2.05, 4.69) is 63.2 Å². The number of carbonyl (C=O) groups is 2. The summed E-state index contributed by atoms with van der Waals surface area (Å²) >= 11 is 0. The summed E-state index contributed by atoms with van der Waals surface area (Å²) in [6.07, 6.45) is 7.56. The quantitative estimate of drug-likeness (QED) is 0.226. The summed E-state index contributed by atoms with van der Waals surface area (Å²) in [6.45, 7) is 10.2. The summed E-state index contributed by atoms with van der Waals surface area (Å²) in [7, 11) is 1.37. The van der Waals surface area contributed by atoms with Crippen molar-refractivity contribution in [2.24, 2.45) is 0 Å². The molecule has 204 valence electrons. The third-order valence-corrected chi connectivity index (χ3v) is 6.75. The Labute approximate surface area is 229 Å². The Hall–Kier alpha value is -3.40. The number of fused-ring (bicyclic) bond motifs is 1. The summed E-state index contributed by atoms with van der Waals surface area (Å²) in [5.41, 5.74) is 9.52. The lowest BCUT2D eigenvalue weighted by molar-refractivity contribution is -0.142. The molecular weight excluding hydrogens is 472 g/mol. The van der Waals surface area contributed by atoms with Gasteiger partial charge >= 0.3 is 5.97 Å². The van der Waals surface area contributed by atoms with Crippen molar-refractivity contribution in [2.45, 2.75) is 79.6 Å². The molecule has 4 nitrogen and oxygen atoms in total. The predicted molar refractivity (Wildman–Crippen MR) is 157 cm³/mol. The fraction of sp³-hybridized carbons (Fsp3) is 0.412. The van der Waals surface area contributed by atoms with Crippen LogP contribution in [0, 0.1) is 13.8 Å². The van der Waals surface area contributed by atoms with Gasteiger partial charge in [-0.05, 0) is 91.3 Å². The maximum absolute atomic E-state index is 11.8. The molecule has 4 heteroatoms. The van der Waals surface area contributed by atoms with E-state index < -0.39 is 0 Å². The van der Waals surface area contributed by atoms with E-state index in [-0.39, 0.29) is 12.6 Å². The number of hydrogen-bond acceptors (Lipinski definition) is 4. The second kappa shape index (κ2) is 16.4. The minimum atomic E-state index is -0.386. The summed E-state index contributed by atoms with van der Waals surface area (Å²) in [6, 6.07) is 18.9. The molecule has 1 aliphatic rings. The topological polar surface area (TPSA) is 52.6 Å². The van der Waals surface area contributed by atoms with Crippen LogP contribution in [0.15, 0.2) is 54.6 Å². The number of aldehydes is 1. The number of methoxy groups -OCH3 is 1. The van der Waals surface area contributed by atoms with Crippen molar-refractivity contribution in [3.05, 3.63) is 88.0 Å². The molecule has 0 spiro atoms. The Morgan fingerprint density at radius 1 is 0.921 bits per heavy atom. The summed E-state index contributed by atoms with van der Waals surface area (Å²) < 4.78 is 10.9. The number of ether oxygens (including phenoxy) is 2. The standard InChI is InChI=1S/C24H28O4.C8H10.C2H6/c1-16-8-6-10-18(11-7-13-25)22(16)23-17(2)14-19-9-4-5-12-20(19)24(23)28-15-21(26)27-3;1-2-8-6-4-3-5-7-8;1-2/h6,8,10,13-14H,4-5,7,9,11-12,15H2,1-3H3;3-7H,2H2,1H3;1-2H3. The van der Waals surface area contributed by atoms with Gasteiger partial charge in [0.15, 0.2) is 6.61 Å². The van der Waals surface area contributed by atoms with Gasteiger partial charge < -0.3 is 14.3 Å². The molecule has 0 unspecified atom stereocenters. The van der Waals surface area contributed by atoms with Crippen molar-refractivity contribution in [1.82, 2.24) is 0 Å². The van der Waals surface area contributed by atoms with Crippen molar-refractivity contribution in [3.8, 4) is 16.9 Å². The normalized spacial score (nSPS) is 11.6. The Balaban J connectivity index is 0.000000428. The first-order valence-electron chi connectivity index (χ1n) is 13.9. The molecule has 0 fully saturated rings. The molecule has 0 saturated carbocycles. The zero-order valence-corrected chi connectivity index (χ0v) is 24.1. The second-order valence-electron chi connectivity index (χ2n) is 9.26.